The Kier molecular flexibility index (Phi) is 5.18. The number of esters is 1. The molecular weight excluding hydrogens is 394 g/mol. The molecule has 3 heterocycles. The van der Waals surface area contributed by atoms with Crippen molar-refractivity contribution in [1.82, 2.24) is 9.88 Å². The molecule has 0 saturated carbocycles. The molecule has 0 saturated heterocycles. The lowest BCUT2D eigenvalue weighted by molar-refractivity contribution is 0.0600. The number of hydrogen-bond donors (Lipinski definition) is 1. The molecule has 1 aliphatic rings. The minimum Gasteiger partial charge on any atom is -0.465 e. The second-order valence-corrected chi connectivity index (χ2v) is 8.99. The summed E-state index contributed by atoms with van der Waals surface area (Å²) in [5.41, 5.74) is 4.68. The number of carbonyl (C=O) groups excluding carboxylic acids is 2. The predicted molar refractivity (Wildman–Crippen MR) is 112 cm³/mol. The summed E-state index contributed by atoms with van der Waals surface area (Å²) in [6.07, 6.45) is 0.775. The van der Waals surface area contributed by atoms with Gasteiger partial charge < -0.3 is 10.1 Å². The molecule has 1 aliphatic heterocycles. The van der Waals surface area contributed by atoms with Gasteiger partial charge in [0.05, 0.1) is 28.4 Å². The third kappa shape index (κ3) is 3.43. The predicted octanol–water partition coefficient (Wildman–Crippen LogP) is 4.16. The largest absolute Gasteiger partial charge is 0.465 e. The number of rotatable bonds is 4. The zero-order chi connectivity index (χ0) is 19.8. The quantitative estimate of drug-likeness (QED) is 0.648. The number of carbonyl (C=O) groups is 2. The van der Waals surface area contributed by atoms with Crippen molar-refractivity contribution in [2.24, 2.45) is 0 Å². The first kappa shape index (κ1) is 19.0. The summed E-state index contributed by atoms with van der Waals surface area (Å²) in [6.45, 7) is 6.00. The van der Waals surface area contributed by atoms with E-state index in [1.54, 1.807) is 11.6 Å². The van der Waals surface area contributed by atoms with Crippen LogP contribution in [0, 0.1) is 0 Å². The second-order valence-electron chi connectivity index (χ2n) is 7.00. The number of benzene rings is 1. The molecule has 0 unspecified atom stereocenters. The maximum Gasteiger partial charge on any atom is 0.341 e. The SMILES string of the molecule is COC(=O)c1c(NC(=O)c2ccc3ncsc3c2)sc2c1CCN(C(C)C)C2. The lowest BCUT2D eigenvalue weighted by Crippen LogP contribution is -2.35. The van der Waals surface area contributed by atoms with Crippen LogP contribution in [0.3, 0.4) is 0 Å². The van der Waals surface area contributed by atoms with Crippen LogP contribution in [-0.2, 0) is 17.7 Å². The first-order chi connectivity index (χ1) is 13.5. The average molecular weight is 416 g/mol. The van der Waals surface area contributed by atoms with E-state index in [9.17, 15) is 9.59 Å². The van der Waals surface area contributed by atoms with E-state index < -0.39 is 5.97 Å². The summed E-state index contributed by atoms with van der Waals surface area (Å²) in [7, 11) is 1.37. The van der Waals surface area contributed by atoms with Gasteiger partial charge in [-0.05, 0) is 44.0 Å². The van der Waals surface area contributed by atoms with Crippen molar-refractivity contribution in [3.8, 4) is 0 Å². The summed E-state index contributed by atoms with van der Waals surface area (Å²) in [4.78, 5) is 33.0. The van der Waals surface area contributed by atoms with Gasteiger partial charge in [-0.3, -0.25) is 9.69 Å². The number of nitrogens with zero attached hydrogens (tertiary/aromatic N) is 2. The molecule has 6 nitrogen and oxygen atoms in total. The van der Waals surface area contributed by atoms with Crippen molar-refractivity contribution in [1.29, 1.82) is 0 Å². The lowest BCUT2D eigenvalue weighted by Gasteiger charge is -2.30. The van der Waals surface area contributed by atoms with Crippen molar-refractivity contribution in [3.63, 3.8) is 0 Å². The average Bonchev–Trinajstić information content (AvgIpc) is 3.29. The van der Waals surface area contributed by atoms with Gasteiger partial charge in [-0.1, -0.05) is 0 Å². The molecule has 0 fully saturated rings. The Morgan fingerprint density at radius 2 is 2.14 bits per heavy atom. The number of ether oxygens (including phenoxy) is 1. The Labute approximate surface area is 171 Å². The van der Waals surface area contributed by atoms with Gasteiger partial charge in [0.25, 0.3) is 5.91 Å². The molecule has 28 heavy (non-hydrogen) atoms. The maximum absolute atomic E-state index is 12.8. The van der Waals surface area contributed by atoms with E-state index in [1.807, 2.05) is 12.1 Å². The van der Waals surface area contributed by atoms with Crippen molar-refractivity contribution in [2.75, 3.05) is 19.0 Å². The normalized spacial score (nSPS) is 14.3. The first-order valence-electron chi connectivity index (χ1n) is 9.09. The number of anilines is 1. The third-order valence-corrected chi connectivity index (χ3v) is 6.95. The van der Waals surface area contributed by atoms with E-state index >= 15 is 0 Å². The number of amides is 1. The van der Waals surface area contributed by atoms with E-state index in [4.69, 9.17) is 4.74 Å². The molecule has 2 aromatic heterocycles. The molecular formula is C20H21N3O3S2. The van der Waals surface area contributed by atoms with Crippen LogP contribution < -0.4 is 5.32 Å². The summed E-state index contributed by atoms with van der Waals surface area (Å²) in [6, 6.07) is 5.85. The standard InChI is InChI=1S/C20H21N3O3S2/c1-11(2)23-7-6-13-16(9-23)28-19(17(13)20(25)26-3)22-18(24)12-4-5-14-15(8-12)27-10-21-14/h4-5,8,10-11H,6-7,9H2,1-3H3,(H,22,24). The van der Waals surface area contributed by atoms with E-state index in [1.165, 1.54) is 29.8 Å². The zero-order valence-corrected chi connectivity index (χ0v) is 17.6. The minimum atomic E-state index is -0.399. The van der Waals surface area contributed by atoms with Gasteiger partial charge in [0.1, 0.15) is 5.00 Å². The Bertz CT molecular complexity index is 1050. The van der Waals surface area contributed by atoms with Crippen LogP contribution in [0.5, 0.6) is 0 Å². The van der Waals surface area contributed by atoms with Crippen molar-refractivity contribution < 1.29 is 14.3 Å². The van der Waals surface area contributed by atoms with Gasteiger partial charge in [-0.15, -0.1) is 22.7 Å². The second kappa shape index (κ2) is 7.62. The van der Waals surface area contributed by atoms with Crippen LogP contribution in [0.1, 0.15) is 45.0 Å². The van der Waals surface area contributed by atoms with E-state index in [0.29, 0.717) is 22.2 Å². The van der Waals surface area contributed by atoms with E-state index in [-0.39, 0.29) is 5.91 Å². The van der Waals surface area contributed by atoms with Gasteiger partial charge in [-0.25, -0.2) is 9.78 Å². The summed E-state index contributed by atoms with van der Waals surface area (Å²) >= 11 is 2.96. The number of nitrogens with one attached hydrogen (secondary N) is 1. The van der Waals surface area contributed by atoms with Gasteiger partial charge in [0.2, 0.25) is 0 Å². The fourth-order valence-electron chi connectivity index (χ4n) is 3.44. The van der Waals surface area contributed by atoms with Crippen LogP contribution in [-0.4, -0.2) is 41.5 Å². The smallest absolute Gasteiger partial charge is 0.341 e. The molecule has 1 N–H and O–H groups in total. The Hall–Kier alpha value is -2.29. The molecule has 0 spiro atoms. The molecule has 0 radical (unpaired) electrons. The first-order valence-corrected chi connectivity index (χ1v) is 10.8. The Balaban J connectivity index is 1.66. The van der Waals surface area contributed by atoms with Gasteiger partial charge >= 0.3 is 5.97 Å². The monoisotopic (exact) mass is 415 g/mol. The van der Waals surface area contributed by atoms with Crippen molar-refractivity contribution in [3.05, 3.63) is 45.3 Å². The van der Waals surface area contributed by atoms with Gasteiger partial charge in [0, 0.05) is 29.6 Å². The highest BCUT2D eigenvalue weighted by Crippen LogP contribution is 2.38. The Morgan fingerprint density at radius 3 is 2.89 bits per heavy atom. The number of aromatic nitrogens is 1. The molecule has 4 rings (SSSR count). The summed E-state index contributed by atoms with van der Waals surface area (Å²) in [5.74, 6) is -0.636. The molecule has 146 valence electrons. The fraction of sp³-hybridized carbons (Fsp3) is 0.350. The minimum absolute atomic E-state index is 0.236. The number of thiazole rings is 1. The van der Waals surface area contributed by atoms with Crippen LogP contribution in [0.25, 0.3) is 10.2 Å². The van der Waals surface area contributed by atoms with Crippen molar-refractivity contribution >= 4 is 49.8 Å². The number of fused-ring (bicyclic) bond motifs is 2. The highest BCUT2D eigenvalue weighted by molar-refractivity contribution is 7.17. The number of thiophene rings is 1. The Morgan fingerprint density at radius 1 is 1.32 bits per heavy atom. The van der Waals surface area contributed by atoms with Crippen LogP contribution >= 0.6 is 22.7 Å². The highest BCUT2D eigenvalue weighted by Gasteiger charge is 2.30. The molecule has 1 amide bonds. The highest BCUT2D eigenvalue weighted by atomic mass is 32.1. The fourth-order valence-corrected chi connectivity index (χ4v) is 5.41. The molecule has 0 atom stereocenters. The van der Waals surface area contributed by atoms with Crippen molar-refractivity contribution in [2.45, 2.75) is 32.9 Å². The number of methoxy groups -OCH3 is 1. The molecule has 3 aromatic rings. The zero-order valence-electron chi connectivity index (χ0n) is 15.9. The lowest BCUT2D eigenvalue weighted by atomic mass is 10.0. The van der Waals surface area contributed by atoms with Crippen LogP contribution in [0.4, 0.5) is 5.00 Å². The summed E-state index contributed by atoms with van der Waals surface area (Å²) in [5, 5.41) is 3.51. The molecule has 0 aliphatic carbocycles. The van der Waals surface area contributed by atoms with Crippen LogP contribution in [0.2, 0.25) is 0 Å². The third-order valence-electron chi connectivity index (χ3n) is 5.03. The topological polar surface area (TPSA) is 71.5 Å². The van der Waals surface area contributed by atoms with E-state index in [0.717, 1.165) is 40.2 Å². The summed E-state index contributed by atoms with van der Waals surface area (Å²) < 4.78 is 5.96. The molecule has 8 heteroatoms. The van der Waals surface area contributed by atoms with E-state index in [2.05, 4.69) is 29.0 Å². The maximum atomic E-state index is 12.8. The van der Waals surface area contributed by atoms with Gasteiger partial charge in [0.15, 0.2) is 0 Å². The van der Waals surface area contributed by atoms with Gasteiger partial charge in [-0.2, -0.15) is 0 Å². The van der Waals surface area contributed by atoms with Crippen LogP contribution in [0.15, 0.2) is 23.7 Å². The molecule has 1 aromatic carbocycles. The molecule has 0 bridgehead atoms. The number of hydrogen-bond acceptors (Lipinski definition) is 7.